The fraction of sp³-hybridized carbons (Fsp3) is 0.250. The van der Waals surface area contributed by atoms with Crippen LogP contribution in [0.1, 0.15) is 32.3 Å². The highest BCUT2D eigenvalue weighted by atomic mass is 79.9. The van der Waals surface area contributed by atoms with Crippen LogP contribution in [-0.4, -0.2) is 33.7 Å². The van der Waals surface area contributed by atoms with Gasteiger partial charge in [-0.2, -0.15) is 9.50 Å². The van der Waals surface area contributed by atoms with Crippen LogP contribution < -0.4 is 19.7 Å². The third-order valence-electron chi connectivity index (χ3n) is 5.56. The van der Waals surface area contributed by atoms with Gasteiger partial charge in [0, 0.05) is 22.1 Å². The van der Waals surface area contributed by atoms with Gasteiger partial charge in [-0.05, 0) is 55.8 Å². The molecule has 33 heavy (non-hydrogen) atoms. The number of unbranched alkanes of at least 4 members (excludes halogenated alkanes) is 1. The molecule has 0 fully saturated rings. The minimum atomic E-state index is -0.333. The van der Waals surface area contributed by atoms with Crippen molar-refractivity contribution in [3.63, 3.8) is 0 Å². The number of hydrogen-bond acceptors (Lipinski definition) is 6. The summed E-state index contributed by atoms with van der Waals surface area (Å²) < 4.78 is 8.19. The Morgan fingerprint density at radius 2 is 1.88 bits per heavy atom. The van der Waals surface area contributed by atoms with Crippen LogP contribution in [0.3, 0.4) is 0 Å². The summed E-state index contributed by atoms with van der Waals surface area (Å²) in [7, 11) is 0. The number of benzene rings is 2. The van der Waals surface area contributed by atoms with Gasteiger partial charge in [-0.25, -0.2) is 0 Å². The first-order valence-electron chi connectivity index (χ1n) is 10.8. The fourth-order valence-corrected chi connectivity index (χ4v) is 5.24. The number of amides is 1. The average Bonchev–Trinajstić information content (AvgIpc) is 3.44. The summed E-state index contributed by atoms with van der Waals surface area (Å²) in [6.45, 7) is 5.24. The Morgan fingerprint density at radius 1 is 1.09 bits per heavy atom. The van der Waals surface area contributed by atoms with Crippen molar-refractivity contribution in [1.29, 1.82) is 0 Å². The molecular formula is C24H21BrN4O3S. The van der Waals surface area contributed by atoms with Crippen molar-refractivity contribution >= 4 is 49.4 Å². The quantitative estimate of drug-likeness (QED) is 0.355. The number of fused-ring (bicyclic) bond motifs is 2. The second kappa shape index (κ2) is 8.72. The number of ether oxygens (including phenoxy) is 1. The molecule has 0 aliphatic carbocycles. The maximum atomic E-state index is 13.2. The highest BCUT2D eigenvalue weighted by molar-refractivity contribution is 9.10. The van der Waals surface area contributed by atoms with Crippen LogP contribution in [0.25, 0.3) is 21.9 Å². The molecule has 0 spiro atoms. The van der Waals surface area contributed by atoms with Crippen molar-refractivity contribution < 1.29 is 9.53 Å². The number of anilines is 1. The Bertz CT molecular complexity index is 1480. The summed E-state index contributed by atoms with van der Waals surface area (Å²) in [6, 6.07) is 13.2. The predicted octanol–water partition coefficient (Wildman–Crippen LogP) is 4.04. The lowest BCUT2D eigenvalue weighted by atomic mass is 10.1. The average molecular weight is 525 g/mol. The van der Waals surface area contributed by atoms with Crippen molar-refractivity contribution in [3.8, 4) is 17.1 Å². The molecule has 3 heterocycles. The first kappa shape index (κ1) is 21.8. The maximum absolute atomic E-state index is 13.2. The molecule has 9 heteroatoms. The van der Waals surface area contributed by atoms with E-state index in [1.807, 2.05) is 49.4 Å². The first-order valence-corrected chi connectivity index (χ1v) is 12.4. The molecule has 7 nitrogen and oxygen atoms in total. The lowest BCUT2D eigenvalue weighted by Crippen LogP contribution is -2.32. The maximum Gasteiger partial charge on any atom is 0.291 e. The van der Waals surface area contributed by atoms with E-state index in [9.17, 15) is 9.59 Å². The van der Waals surface area contributed by atoms with Gasteiger partial charge in [-0.3, -0.25) is 9.59 Å². The van der Waals surface area contributed by atoms with Crippen LogP contribution >= 0.6 is 27.3 Å². The van der Waals surface area contributed by atoms with Crippen molar-refractivity contribution in [1.82, 2.24) is 14.6 Å². The first-order chi connectivity index (χ1) is 16.0. The SMILES string of the molecule is CCCCOc1ccc(-c2nc3s/c(=C4\C(=O)N(CC)c5ccc(Br)cc54)c(=O)n3n2)cc1. The van der Waals surface area contributed by atoms with E-state index in [0.29, 0.717) is 34.0 Å². The van der Waals surface area contributed by atoms with Crippen LogP contribution in [0.5, 0.6) is 5.75 Å². The van der Waals surface area contributed by atoms with Crippen molar-refractivity contribution in [2.45, 2.75) is 26.7 Å². The van der Waals surface area contributed by atoms with Gasteiger partial charge in [0.05, 0.1) is 17.9 Å². The molecule has 168 valence electrons. The van der Waals surface area contributed by atoms with Gasteiger partial charge in [-0.15, -0.1) is 5.10 Å². The molecule has 0 unspecified atom stereocenters. The Hall–Kier alpha value is -3.04. The molecular weight excluding hydrogens is 504 g/mol. The minimum absolute atomic E-state index is 0.175. The molecule has 0 N–H and O–H groups in total. The number of carbonyl (C=O) groups excluding carboxylic acids is 1. The Balaban J connectivity index is 1.56. The van der Waals surface area contributed by atoms with Gasteiger partial charge in [0.1, 0.15) is 10.3 Å². The Morgan fingerprint density at radius 3 is 2.58 bits per heavy atom. The van der Waals surface area contributed by atoms with E-state index < -0.39 is 0 Å². The van der Waals surface area contributed by atoms with E-state index in [2.05, 4.69) is 32.9 Å². The monoisotopic (exact) mass is 524 g/mol. The van der Waals surface area contributed by atoms with E-state index in [1.165, 1.54) is 15.9 Å². The van der Waals surface area contributed by atoms with Crippen LogP contribution in [0, 0.1) is 0 Å². The fourth-order valence-electron chi connectivity index (χ4n) is 3.88. The Labute approximate surface area is 202 Å². The van der Waals surface area contributed by atoms with Crippen molar-refractivity contribution in [2.75, 3.05) is 18.1 Å². The van der Waals surface area contributed by atoms with E-state index in [-0.39, 0.29) is 11.5 Å². The van der Waals surface area contributed by atoms with E-state index >= 15 is 0 Å². The van der Waals surface area contributed by atoms with Gasteiger partial charge in [0.2, 0.25) is 4.96 Å². The zero-order valence-electron chi connectivity index (χ0n) is 18.2. The molecule has 1 aliphatic rings. The van der Waals surface area contributed by atoms with Crippen LogP contribution in [0.2, 0.25) is 0 Å². The van der Waals surface area contributed by atoms with E-state index in [1.54, 1.807) is 4.90 Å². The summed E-state index contributed by atoms with van der Waals surface area (Å²) in [5, 5.41) is 4.43. The molecule has 5 rings (SSSR count). The standard InChI is InChI=1S/C24H21BrN4O3S/c1-3-5-12-32-16-9-6-14(7-10-16)21-26-24-29(27-21)23(31)20(33-24)19-17-13-15(25)8-11-18(17)28(4-2)22(19)30/h6-11,13H,3-5,12H2,1-2H3/b20-19-. The highest BCUT2D eigenvalue weighted by Gasteiger charge is 2.33. The molecule has 4 aromatic rings. The highest BCUT2D eigenvalue weighted by Crippen LogP contribution is 2.37. The normalized spacial score (nSPS) is 14.9. The summed E-state index contributed by atoms with van der Waals surface area (Å²) in [5.41, 5.74) is 2.43. The summed E-state index contributed by atoms with van der Waals surface area (Å²) >= 11 is 4.66. The number of rotatable bonds is 6. The van der Waals surface area contributed by atoms with Crippen LogP contribution in [-0.2, 0) is 4.79 Å². The molecule has 0 saturated carbocycles. The smallest absolute Gasteiger partial charge is 0.291 e. The topological polar surface area (TPSA) is 76.8 Å². The number of halogens is 1. The van der Waals surface area contributed by atoms with Gasteiger partial charge in [-0.1, -0.05) is 40.6 Å². The van der Waals surface area contributed by atoms with Gasteiger partial charge in [0.15, 0.2) is 5.82 Å². The zero-order valence-corrected chi connectivity index (χ0v) is 20.6. The van der Waals surface area contributed by atoms with Crippen LogP contribution in [0.15, 0.2) is 51.7 Å². The minimum Gasteiger partial charge on any atom is -0.494 e. The van der Waals surface area contributed by atoms with E-state index in [0.717, 1.165) is 39.9 Å². The Kier molecular flexibility index (Phi) is 5.76. The molecule has 0 bridgehead atoms. The largest absolute Gasteiger partial charge is 0.494 e. The van der Waals surface area contributed by atoms with Crippen molar-refractivity contribution in [2.24, 2.45) is 0 Å². The lowest BCUT2D eigenvalue weighted by Gasteiger charge is -2.13. The number of thiazole rings is 1. The number of nitrogens with zero attached hydrogens (tertiary/aromatic N) is 4. The molecule has 1 amide bonds. The van der Waals surface area contributed by atoms with E-state index in [4.69, 9.17) is 4.74 Å². The lowest BCUT2D eigenvalue weighted by molar-refractivity contribution is -0.113. The second-order valence-electron chi connectivity index (χ2n) is 7.68. The van der Waals surface area contributed by atoms with Crippen molar-refractivity contribution in [3.05, 3.63) is 67.4 Å². The van der Waals surface area contributed by atoms with Gasteiger partial charge >= 0.3 is 0 Å². The summed E-state index contributed by atoms with van der Waals surface area (Å²) in [5.74, 6) is 1.08. The number of aromatic nitrogens is 3. The summed E-state index contributed by atoms with van der Waals surface area (Å²) in [4.78, 5) is 33.1. The number of likely N-dealkylation sites (N-methyl/N-ethyl adjacent to an activating group) is 1. The van der Waals surface area contributed by atoms with Gasteiger partial charge in [0.25, 0.3) is 11.5 Å². The van der Waals surface area contributed by atoms with Crippen LogP contribution in [0.4, 0.5) is 5.69 Å². The zero-order chi connectivity index (χ0) is 23.1. The molecule has 0 atom stereocenters. The molecule has 0 radical (unpaired) electrons. The molecule has 1 aliphatic heterocycles. The second-order valence-corrected chi connectivity index (χ2v) is 9.57. The number of hydrogen-bond donors (Lipinski definition) is 0. The third kappa shape index (κ3) is 3.75. The third-order valence-corrected chi connectivity index (χ3v) is 7.08. The molecule has 2 aromatic carbocycles. The van der Waals surface area contributed by atoms with Gasteiger partial charge < -0.3 is 9.64 Å². The predicted molar refractivity (Wildman–Crippen MR) is 133 cm³/mol. The summed E-state index contributed by atoms with van der Waals surface area (Å²) in [6.07, 6.45) is 2.09. The number of carbonyl (C=O) groups is 1. The molecule has 0 saturated heterocycles. The molecule has 2 aromatic heterocycles.